The van der Waals surface area contributed by atoms with Crippen molar-refractivity contribution in [1.82, 2.24) is 9.88 Å². The van der Waals surface area contributed by atoms with E-state index in [-0.39, 0.29) is 11.4 Å². The third kappa shape index (κ3) is 2.93. The summed E-state index contributed by atoms with van der Waals surface area (Å²) in [5.74, 6) is 0.0691. The molecule has 1 aromatic rings. The highest BCUT2D eigenvalue weighted by atomic mass is 35.5. The molecule has 1 aromatic heterocycles. The molecule has 2 heterocycles. The number of rotatable bonds is 1. The number of nitrogens with zero attached hydrogens (tertiary/aromatic N) is 3. The third-order valence-electron chi connectivity index (χ3n) is 3.32. The van der Waals surface area contributed by atoms with Crippen molar-refractivity contribution in [3.8, 4) is 0 Å². The molecule has 0 spiro atoms. The fraction of sp³-hybridized carbons (Fsp3) is 0.615. The smallest absolute Gasteiger partial charge is 0.167 e. The van der Waals surface area contributed by atoms with Crippen molar-refractivity contribution in [1.29, 1.82) is 0 Å². The molecule has 0 bridgehead atoms. The number of aromatic nitrogens is 1. The lowest BCUT2D eigenvalue weighted by Gasteiger charge is -2.42. The summed E-state index contributed by atoms with van der Waals surface area (Å²) in [6.45, 7) is 10.0. The molecular weight excluding hydrogens is 253 g/mol. The molecule has 18 heavy (non-hydrogen) atoms. The molecule has 0 radical (unpaired) electrons. The molecule has 0 aliphatic carbocycles. The molecular formula is C13H19ClFN3. The van der Waals surface area contributed by atoms with E-state index in [1.807, 2.05) is 4.90 Å². The van der Waals surface area contributed by atoms with Crippen LogP contribution in [0.1, 0.15) is 20.8 Å². The standard InChI is InChI=1S/C13H19ClFN3/c1-13(2,3)18-6-4-17(5-7-18)12-11(15)8-10(14)9-16-12/h8-9H,4-7H2,1-3H3. The number of pyridine rings is 1. The van der Waals surface area contributed by atoms with Gasteiger partial charge < -0.3 is 4.90 Å². The van der Waals surface area contributed by atoms with Crippen LogP contribution < -0.4 is 4.90 Å². The van der Waals surface area contributed by atoms with Crippen molar-refractivity contribution in [2.24, 2.45) is 0 Å². The van der Waals surface area contributed by atoms with Gasteiger partial charge in [0.2, 0.25) is 0 Å². The van der Waals surface area contributed by atoms with Gasteiger partial charge in [-0.3, -0.25) is 4.90 Å². The predicted octanol–water partition coefficient (Wildman–Crippen LogP) is 2.79. The Morgan fingerprint density at radius 1 is 1.22 bits per heavy atom. The minimum atomic E-state index is -0.341. The van der Waals surface area contributed by atoms with Crippen LogP contribution in [-0.4, -0.2) is 41.6 Å². The number of halogens is 2. The van der Waals surface area contributed by atoms with E-state index >= 15 is 0 Å². The highest BCUT2D eigenvalue weighted by molar-refractivity contribution is 6.30. The second kappa shape index (κ2) is 5.02. The van der Waals surface area contributed by atoms with E-state index in [1.54, 1.807) is 0 Å². The van der Waals surface area contributed by atoms with Crippen LogP contribution >= 0.6 is 11.6 Å². The van der Waals surface area contributed by atoms with Gasteiger partial charge in [0, 0.05) is 37.9 Å². The van der Waals surface area contributed by atoms with Crippen molar-refractivity contribution in [3.05, 3.63) is 23.1 Å². The highest BCUT2D eigenvalue weighted by Crippen LogP contribution is 2.23. The first-order valence-corrected chi connectivity index (χ1v) is 6.57. The zero-order valence-corrected chi connectivity index (χ0v) is 11.8. The summed E-state index contributed by atoms with van der Waals surface area (Å²) in [7, 11) is 0. The summed E-state index contributed by atoms with van der Waals surface area (Å²) in [5, 5.41) is 0.338. The van der Waals surface area contributed by atoms with Crippen LogP contribution in [0.15, 0.2) is 12.3 Å². The van der Waals surface area contributed by atoms with Crippen LogP contribution in [0, 0.1) is 5.82 Å². The quantitative estimate of drug-likeness (QED) is 0.783. The van der Waals surface area contributed by atoms with Crippen LogP contribution in [0.2, 0.25) is 5.02 Å². The normalized spacial score (nSPS) is 18.2. The first-order chi connectivity index (χ1) is 8.38. The summed E-state index contributed by atoms with van der Waals surface area (Å²) < 4.78 is 13.8. The number of hydrogen-bond donors (Lipinski definition) is 0. The molecule has 0 unspecified atom stereocenters. The van der Waals surface area contributed by atoms with Crippen molar-refractivity contribution in [3.63, 3.8) is 0 Å². The third-order valence-corrected chi connectivity index (χ3v) is 3.52. The number of hydrogen-bond acceptors (Lipinski definition) is 3. The van der Waals surface area contributed by atoms with Crippen molar-refractivity contribution in [2.45, 2.75) is 26.3 Å². The molecule has 1 fully saturated rings. The van der Waals surface area contributed by atoms with Crippen molar-refractivity contribution in [2.75, 3.05) is 31.1 Å². The molecule has 0 N–H and O–H groups in total. The van der Waals surface area contributed by atoms with Gasteiger partial charge in [-0.1, -0.05) is 11.6 Å². The molecule has 1 aliphatic rings. The number of piperazine rings is 1. The Kier molecular flexibility index (Phi) is 3.78. The Morgan fingerprint density at radius 2 is 1.83 bits per heavy atom. The minimum Gasteiger partial charge on any atom is -0.352 e. The van der Waals surface area contributed by atoms with E-state index in [9.17, 15) is 4.39 Å². The largest absolute Gasteiger partial charge is 0.352 e. The molecule has 0 aromatic carbocycles. The predicted molar refractivity (Wildman–Crippen MR) is 72.7 cm³/mol. The lowest BCUT2D eigenvalue weighted by atomic mass is 10.1. The first kappa shape index (κ1) is 13.6. The van der Waals surface area contributed by atoms with Gasteiger partial charge in [-0.15, -0.1) is 0 Å². The van der Waals surface area contributed by atoms with Gasteiger partial charge in [0.25, 0.3) is 0 Å². The molecule has 5 heteroatoms. The summed E-state index contributed by atoms with van der Waals surface area (Å²) >= 11 is 5.71. The van der Waals surface area contributed by atoms with Gasteiger partial charge in [0.05, 0.1) is 5.02 Å². The van der Waals surface area contributed by atoms with Crippen LogP contribution in [0.3, 0.4) is 0 Å². The summed E-state index contributed by atoms with van der Waals surface area (Å²) in [6.07, 6.45) is 1.50. The van der Waals surface area contributed by atoms with E-state index in [1.165, 1.54) is 12.3 Å². The lowest BCUT2D eigenvalue weighted by molar-refractivity contribution is 0.128. The van der Waals surface area contributed by atoms with E-state index in [2.05, 4.69) is 30.7 Å². The second-order valence-corrected chi connectivity index (χ2v) is 6.04. The summed E-state index contributed by atoms with van der Waals surface area (Å²) in [6, 6.07) is 1.32. The van der Waals surface area contributed by atoms with Gasteiger partial charge in [0.15, 0.2) is 11.6 Å². The van der Waals surface area contributed by atoms with Crippen LogP contribution in [0.5, 0.6) is 0 Å². The zero-order valence-electron chi connectivity index (χ0n) is 11.1. The Hall–Kier alpha value is -0.870. The monoisotopic (exact) mass is 271 g/mol. The Labute approximate surface area is 113 Å². The van der Waals surface area contributed by atoms with Gasteiger partial charge >= 0.3 is 0 Å². The minimum absolute atomic E-state index is 0.165. The fourth-order valence-corrected chi connectivity index (χ4v) is 2.37. The highest BCUT2D eigenvalue weighted by Gasteiger charge is 2.27. The summed E-state index contributed by atoms with van der Waals surface area (Å²) in [5.41, 5.74) is 0.165. The first-order valence-electron chi connectivity index (χ1n) is 6.19. The van der Waals surface area contributed by atoms with Gasteiger partial charge in [-0.05, 0) is 26.8 Å². The van der Waals surface area contributed by atoms with E-state index in [4.69, 9.17) is 11.6 Å². The van der Waals surface area contributed by atoms with Crippen LogP contribution in [-0.2, 0) is 0 Å². The summed E-state index contributed by atoms with van der Waals surface area (Å²) in [4.78, 5) is 8.47. The van der Waals surface area contributed by atoms with Crippen LogP contribution in [0.25, 0.3) is 0 Å². The Morgan fingerprint density at radius 3 is 2.33 bits per heavy atom. The van der Waals surface area contributed by atoms with E-state index < -0.39 is 0 Å². The molecule has 2 rings (SSSR count). The van der Waals surface area contributed by atoms with Crippen molar-refractivity contribution < 1.29 is 4.39 Å². The molecule has 0 saturated carbocycles. The maximum absolute atomic E-state index is 13.8. The SMILES string of the molecule is CC(C)(C)N1CCN(c2ncc(Cl)cc2F)CC1. The zero-order chi connectivity index (χ0) is 13.3. The average molecular weight is 272 g/mol. The Balaban J connectivity index is 2.06. The van der Waals surface area contributed by atoms with Crippen LogP contribution in [0.4, 0.5) is 10.2 Å². The maximum Gasteiger partial charge on any atom is 0.167 e. The fourth-order valence-electron chi connectivity index (χ4n) is 2.23. The number of anilines is 1. The molecule has 1 saturated heterocycles. The van der Waals surface area contributed by atoms with Gasteiger partial charge in [-0.2, -0.15) is 0 Å². The molecule has 100 valence electrons. The maximum atomic E-state index is 13.8. The van der Waals surface area contributed by atoms with Gasteiger partial charge in [-0.25, -0.2) is 9.37 Å². The van der Waals surface area contributed by atoms with E-state index in [0.29, 0.717) is 10.8 Å². The second-order valence-electron chi connectivity index (χ2n) is 5.60. The average Bonchev–Trinajstić information content (AvgIpc) is 2.28. The molecule has 3 nitrogen and oxygen atoms in total. The topological polar surface area (TPSA) is 19.4 Å². The van der Waals surface area contributed by atoms with E-state index in [0.717, 1.165) is 26.2 Å². The Bertz CT molecular complexity index is 423. The molecule has 0 atom stereocenters. The molecule has 0 amide bonds. The molecule has 1 aliphatic heterocycles. The lowest BCUT2D eigenvalue weighted by Crippen LogP contribution is -2.53. The van der Waals surface area contributed by atoms with Gasteiger partial charge in [0.1, 0.15) is 0 Å². The van der Waals surface area contributed by atoms with Crippen molar-refractivity contribution >= 4 is 17.4 Å².